The lowest BCUT2D eigenvalue weighted by Crippen LogP contribution is -2.46. The number of hydrogen-bond acceptors (Lipinski definition) is 4. The van der Waals surface area contributed by atoms with E-state index < -0.39 is 21.3 Å². The van der Waals surface area contributed by atoms with E-state index in [4.69, 9.17) is 34.8 Å². The first kappa shape index (κ1) is 32.0. The zero-order valence-electron chi connectivity index (χ0n) is 23.8. The van der Waals surface area contributed by atoms with Crippen LogP contribution in [0, 0.1) is 11.6 Å². The molecule has 43 heavy (non-hydrogen) atoms. The van der Waals surface area contributed by atoms with E-state index in [2.05, 4.69) is 4.90 Å². The van der Waals surface area contributed by atoms with Crippen molar-refractivity contribution in [2.75, 3.05) is 50.3 Å². The molecule has 12 heteroatoms. The predicted octanol–water partition coefficient (Wildman–Crippen LogP) is 6.98. The topological polar surface area (TPSA) is 60.9 Å². The van der Waals surface area contributed by atoms with Gasteiger partial charge >= 0.3 is 0 Å². The van der Waals surface area contributed by atoms with Crippen molar-refractivity contribution in [1.82, 2.24) is 9.80 Å². The molecule has 2 heterocycles. The first-order chi connectivity index (χ1) is 20.3. The monoisotopic (exact) mass is 669 g/mol. The zero-order valence-corrected chi connectivity index (χ0v) is 26.9. The van der Waals surface area contributed by atoms with Gasteiger partial charge in [0.15, 0.2) is 0 Å². The van der Waals surface area contributed by atoms with Gasteiger partial charge in [-0.15, -0.1) is 0 Å². The third kappa shape index (κ3) is 6.81. The van der Waals surface area contributed by atoms with Gasteiger partial charge < -0.3 is 9.80 Å². The predicted molar refractivity (Wildman–Crippen MR) is 168 cm³/mol. The van der Waals surface area contributed by atoms with Crippen LogP contribution in [0.5, 0.6) is 0 Å². The normalized spacial score (nSPS) is 17.2. The van der Waals surface area contributed by atoms with E-state index in [0.29, 0.717) is 66.7 Å². The number of halogens is 5. The van der Waals surface area contributed by atoms with Crippen LogP contribution in [0.3, 0.4) is 0 Å². The second kappa shape index (κ2) is 12.5. The molecule has 2 aliphatic rings. The summed E-state index contributed by atoms with van der Waals surface area (Å²) in [6, 6.07) is 13.7. The van der Waals surface area contributed by atoms with E-state index in [1.165, 1.54) is 40.9 Å². The van der Waals surface area contributed by atoms with Crippen LogP contribution in [0.4, 0.5) is 14.5 Å². The molecule has 3 aromatic carbocycles. The van der Waals surface area contributed by atoms with Crippen molar-refractivity contribution >= 4 is 56.4 Å². The largest absolute Gasteiger partial charge is 0.341 e. The second-order valence-electron chi connectivity index (χ2n) is 11.5. The first-order valence-electron chi connectivity index (χ1n) is 13.9. The van der Waals surface area contributed by atoms with Gasteiger partial charge in [0.2, 0.25) is 10.0 Å². The lowest BCUT2D eigenvalue weighted by molar-refractivity contribution is 0.0780. The van der Waals surface area contributed by atoms with Gasteiger partial charge in [0, 0.05) is 37.0 Å². The number of likely N-dealkylation sites (tertiary alicyclic amines) is 1. The van der Waals surface area contributed by atoms with Gasteiger partial charge in [-0.05, 0) is 98.6 Å². The molecular formula is C31H32Cl3F2N3O3S. The third-order valence-corrected chi connectivity index (χ3v) is 10.8. The van der Waals surface area contributed by atoms with Crippen LogP contribution in [0.2, 0.25) is 15.1 Å². The number of carbonyl (C=O) groups is 1. The van der Waals surface area contributed by atoms with Crippen LogP contribution >= 0.6 is 34.8 Å². The lowest BCUT2D eigenvalue weighted by atomic mass is 9.74. The molecular weight excluding hydrogens is 639 g/mol. The Kier molecular flexibility index (Phi) is 9.31. The quantitative estimate of drug-likeness (QED) is 0.260. The van der Waals surface area contributed by atoms with Crippen molar-refractivity contribution in [3.8, 4) is 0 Å². The SMILES string of the molecule is CN(C[C@@H](CCN1CCC2(CC1)CN(S(C)(=O)=O)c1ccc(F)cc12)c1ccc(Cl)c(Cl)c1)C(=O)c1ccc(F)c(Cl)c1. The number of nitrogens with zero attached hydrogens (tertiary/aromatic N) is 3. The minimum absolute atomic E-state index is 0.0856. The Morgan fingerprint density at radius 1 is 0.977 bits per heavy atom. The van der Waals surface area contributed by atoms with Gasteiger partial charge in [0.25, 0.3) is 5.91 Å². The van der Waals surface area contributed by atoms with Crippen LogP contribution in [-0.4, -0.2) is 70.2 Å². The molecule has 2 aliphatic heterocycles. The molecule has 1 spiro atoms. The number of carbonyl (C=O) groups excluding carboxylic acids is 1. The summed E-state index contributed by atoms with van der Waals surface area (Å²) in [6.45, 7) is 2.83. The Morgan fingerprint density at radius 3 is 2.35 bits per heavy atom. The number of likely N-dealkylation sites (N-methyl/N-ethyl adjacent to an activating group) is 1. The summed E-state index contributed by atoms with van der Waals surface area (Å²) in [5.41, 5.74) is 2.10. The summed E-state index contributed by atoms with van der Waals surface area (Å²) in [4.78, 5) is 17.1. The zero-order chi connectivity index (χ0) is 31.1. The molecule has 6 nitrogen and oxygen atoms in total. The van der Waals surface area contributed by atoms with Crippen molar-refractivity contribution in [3.63, 3.8) is 0 Å². The molecule has 0 saturated carbocycles. The summed E-state index contributed by atoms with van der Waals surface area (Å²) in [5.74, 6) is -1.33. The highest BCUT2D eigenvalue weighted by atomic mass is 35.5. The van der Waals surface area contributed by atoms with Crippen molar-refractivity contribution in [3.05, 3.63) is 98.0 Å². The van der Waals surface area contributed by atoms with Gasteiger partial charge in [0.05, 0.1) is 27.0 Å². The molecule has 0 unspecified atom stereocenters. The summed E-state index contributed by atoms with van der Waals surface area (Å²) in [5, 5.41) is 0.744. The number of benzene rings is 3. The average Bonchev–Trinajstić information content (AvgIpc) is 3.28. The fraction of sp³-hybridized carbons (Fsp3) is 0.387. The van der Waals surface area contributed by atoms with E-state index in [-0.39, 0.29) is 22.7 Å². The third-order valence-electron chi connectivity index (χ3n) is 8.67. The van der Waals surface area contributed by atoms with E-state index in [1.54, 1.807) is 24.1 Å². The standard InChI is InChI=1S/C31H32Cl3F2N3O3S/c1-37(30(40)21-4-7-28(36)27(34)16-21)18-22(20-3-6-25(32)26(33)15-20)9-12-38-13-10-31(11-14-38)19-39(43(2,41)42)29-8-5-23(35)17-24(29)31/h3-8,15-17,22H,9-14,18-19H2,1-2H3/t22-/m1/s1. The van der Waals surface area contributed by atoms with Crippen LogP contribution in [0.1, 0.15) is 46.7 Å². The molecule has 0 bridgehead atoms. The van der Waals surface area contributed by atoms with E-state index in [0.717, 1.165) is 17.7 Å². The Labute approximate surface area is 266 Å². The summed E-state index contributed by atoms with van der Waals surface area (Å²) in [7, 11) is -1.81. The second-order valence-corrected chi connectivity index (χ2v) is 14.7. The van der Waals surface area contributed by atoms with E-state index in [9.17, 15) is 22.0 Å². The number of hydrogen-bond donors (Lipinski definition) is 0. The highest BCUT2D eigenvalue weighted by Gasteiger charge is 2.47. The van der Waals surface area contributed by atoms with Crippen molar-refractivity contribution < 1.29 is 22.0 Å². The summed E-state index contributed by atoms with van der Waals surface area (Å²) < 4.78 is 54.4. The van der Waals surface area contributed by atoms with Gasteiger partial charge in [-0.1, -0.05) is 40.9 Å². The highest BCUT2D eigenvalue weighted by molar-refractivity contribution is 7.92. The molecule has 1 atom stereocenters. The Hall–Kier alpha value is -2.43. The smallest absolute Gasteiger partial charge is 0.253 e. The number of amides is 1. The maximum atomic E-state index is 14.3. The number of piperidine rings is 1. The van der Waals surface area contributed by atoms with Gasteiger partial charge in [-0.25, -0.2) is 17.2 Å². The molecule has 1 amide bonds. The molecule has 0 aromatic heterocycles. The molecule has 0 radical (unpaired) electrons. The highest BCUT2D eigenvalue weighted by Crippen LogP contribution is 2.48. The molecule has 5 rings (SSSR count). The fourth-order valence-corrected chi connectivity index (χ4v) is 7.74. The number of fused-ring (bicyclic) bond motifs is 2. The number of sulfonamides is 1. The van der Waals surface area contributed by atoms with E-state index >= 15 is 0 Å². The fourth-order valence-electron chi connectivity index (χ4n) is 6.25. The number of anilines is 1. The van der Waals surface area contributed by atoms with Crippen molar-refractivity contribution in [2.24, 2.45) is 0 Å². The Bertz CT molecular complexity index is 1650. The van der Waals surface area contributed by atoms with Crippen molar-refractivity contribution in [2.45, 2.75) is 30.6 Å². The molecule has 1 saturated heterocycles. The lowest BCUT2D eigenvalue weighted by Gasteiger charge is -2.40. The molecule has 0 aliphatic carbocycles. The van der Waals surface area contributed by atoms with Gasteiger partial charge in [-0.3, -0.25) is 9.10 Å². The van der Waals surface area contributed by atoms with Crippen LogP contribution in [-0.2, 0) is 15.4 Å². The molecule has 1 fully saturated rings. The van der Waals surface area contributed by atoms with Gasteiger partial charge in [0.1, 0.15) is 11.6 Å². The first-order valence-corrected chi connectivity index (χ1v) is 16.9. The minimum Gasteiger partial charge on any atom is -0.341 e. The van der Waals surface area contributed by atoms with Crippen molar-refractivity contribution in [1.29, 1.82) is 0 Å². The summed E-state index contributed by atoms with van der Waals surface area (Å²) >= 11 is 18.4. The minimum atomic E-state index is -3.50. The summed E-state index contributed by atoms with van der Waals surface area (Å²) in [6.07, 6.45) is 3.27. The molecule has 0 N–H and O–H groups in total. The molecule has 230 valence electrons. The van der Waals surface area contributed by atoms with Gasteiger partial charge in [-0.2, -0.15) is 0 Å². The molecule has 3 aromatic rings. The Balaban J connectivity index is 1.29. The van der Waals surface area contributed by atoms with Crippen LogP contribution in [0.25, 0.3) is 0 Å². The Morgan fingerprint density at radius 2 is 1.70 bits per heavy atom. The van der Waals surface area contributed by atoms with E-state index in [1.807, 2.05) is 12.1 Å². The van der Waals surface area contributed by atoms with Crippen LogP contribution in [0.15, 0.2) is 54.6 Å². The number of rotatable bonds is 8. The average molecular weight is 671 g/mol. The van der Waals surface area contributed by atoms with Crippen LogP contribution < -0.4 is 4.31 Å². The maximum absolute atomic E-state index is 14.3. The maximum Gasteiger partial charge on any atom is 0.253 e.